The Hall–Kier alpha value is -1.79. The molecular weight excluding hydrogens is 276 g/mol. The molecule has 1 aromatic carbocycles. The van der Waals surface area contributed by atoms with E-state index in [1.165, 1.54) is 30.6 Å². The molecule has 0 radical (unpaired) electrons. The minimum Gasteiger partial charge on any atom is -0.356 e. The smallest absolute Gasteiger partial charge is 0.268 e. The summed E-state index contributed by atoms with van der Waals surface area (Å²) in [5.41, 5.74) is 0.535. The van der Waals surface area contributed by atoms with Crippen LogP contribution in [-0.2, 0) is 10.0 Å². The highest BCUT2D eigenvalue weighted by Crippen LogP contribution is 2.23. The van der Waals surface area contributed by atoms with Gasteiger partial charge in [0.25, 0.3) is 10.0 Å². The second kappa shape index (κ2) is 3.86. The molecule has 3 rings (SSSR count). The van der Waals surface area contributed by atoms with Gasteiger partial charge in [-0.25, -0.2) is 12.4 Å². The second-order valence-corrected chi connectivity index (χ2v) is 5.86. The van der Waals surface area contributed by atoms with Gasteiger partial charge in [0.15, 0.2) is 5.58 Å². The average molecular weight is 283 g/mol. The molecular formula is C11H7ClN2O3S. The summed E-state index contributed by atoms with van der Waals surface area (Å²) in [6.07, 6.45) is 2.86. The molecule has 18 heavy (non-hydrogen) atoms. The number of benzene rings is 1. The zero-order valence-corrected chi connectivity index (χ0v) is 10.5. The molecule has 0 bridgehead atoms. The van der Waals surface area contributed by atoms with Gasteiger partial charge in [-0.15, -0.1) is 0 Å². The van der Waals surface area contributed by atoms with Crippen LogP contribution < -0.4 is 0 Å². The number of hydrogen-bond acceptors (Lipinski definition) is 4. The minimum absolute atomic E-state index is 0.135. The second-order valence-electron chi connectivity index (χ2n) is 3.66. The molecule has 2 aromatic heterocycles. The van der Waals surface area contributed by atoms with Gasteiger partial charge in [0.1, 0.15) is 5.15 Å². The van der Waals surface area contributed by atoms with Crippen LogP contribution in [0.3, 0.4) is 0 Å². The number of hydrogen-bond donors (Lipinski definition) is 0. The maximum Gasteiger partial charge on any atom is 0.268 e. The molecule has 92 valence electrons. The van der Waals surface area contributed by atoms with E-state index in [2.05, 4.69) is 5.16 Å². The van der Waals surface area contributed by atoms with Crippen LogP contribution in [-0.4, -0.2) is 17.5 Å². The van der Waals surface area contributed by atoms with Crippen molar-refractivity contribution in [1.82, 2.24) is 9.13 Å². The average Bonchev–Trinajstić information content (AvgIpc) is 2.95. The van der Waals surface area contributed by atoms with Gasteiger partial charge in [-0.2, -0.15) is 0 Å². The third kappa shape index (κ3) is 1.61. The van der Waals surface area contributed by atoms with Crippen LogP contribution in [0.25, 0.3) is 11.0 Å². The Morgan fingerprint density at radius 2 is 2.11 bits per heavy atom. The Bertz CT molecular complexity index is 820. The highest BCUT2D eigenvalue weighted by molar-refractivity contribution is 7.90. The number of aromatic nitrogens is 2. The Morgan fingerprint density at radius 3 is 2.83 bits per heavy atom. The van der Waals surface area contributed by atoms with Crippen LogP contribution in [0.4, 0.5) is 0 Å². The normalized spacial score (nSPS) is 12.1. The van der Waals surface area contributed by atoms with Gasteiger partial charge >= 0.3 is 0 Å². The molecule has 0 fully saturated rings. The summed E-state index contributed by atoms with van der Waals surface area (Å²) >= 11 is 5.82. The van der Waals surface area contributed by atoms with Gasteiger partial charge in [0, 0.05) is 11.6 Å². The Kier molecular flexibility index (Phi) is 2.42. The molecule has 0 aliphatic rings. The van der Waals surface area contributed by atoms with Crippen molar-refractivity contribution in [2.45, 2.75) is 4.90 Å². The van der Waals surface area contributed by atoms with Gasteiger partial charge in [0.05, 0.1) is 11.1 Å². The summed E-state index contributed by atoms with van der Waals surface area (Å²) < 4.78 is 30.6. The lowest BCUT2D eigenvalue weighted by molar-refractivity contribution is 0.456. The van der Waals surface area contributed by atoms with Crippen molar-refractivity contribution < 1.29 is 12.9 Å². The minimum atomic E-state index is -3.68. The van der Waals surface area contributed by atoms with Crippen LogP contribution in [0.5, 0.6) is 0 Å². The predicted octanol–water partition coefficient (Wildman–Crippen LogP) is 2.52. The summed E-state index contributed by atoms with van der Waals surface area (Å²) in [4.78, 5) is 0.135. The van der Waals surface area contributed by atoms with E-state index in [1.54, 1.807) is 12.1 Å². The van der Waals surface area contributed by atoms with E-state index in [0.29, 0.717) is 11.0 Å². The lowest BCUT2D eigenvalue weighted by atomic mass is 10.3. The fourth-order valence-electron chi connectivity index (χ4n) is 1.66. The molecule has 0 saturated carbocycles. The number of rotatable bonds is 2. The molecule has 2 heterocycles. The van der Waals surface area contributed by atoms with Crippen LogP contribution in [0.2, 0.25) is 5.15 Å². The summed E-state index contributed by atoms with van der Waals surface area (Å²) in [5, 5.41) is 4.37. The Labute approximate surface area is 108 Å². The van der Waals surface area contributed by atoms with Crippen molar-refractivity contribution in [3.05, 3.63) is 47.9 Å². The molecule has 0 atom stereocenters. The maximum atomic E-state index is 12.3. The molecule has 5 nitrogen and oxygen atoms in total. The monoisotopic (exact) mass is 282 g/mol. The largest absolute Gasteiger partial charge is 0.356 e. The molecule has 0 aliphatic carbocycles. The van der Waals surface area contributed by atoms with Crippen molar-refractivity contribution in [3.63, 3.8) is 0 Å². The van der Waals surface area contributed by atoms with Gasteiger partial charge in [0.2, 0.25) is 0 Å². The van der Waals surface area contributed by atoms with Crippen molar-refractivity contribution >= 4 is 32.6 Å². The standard InChI is InChI=1S/C11H7ClN2O3S/c12-11-2-1-5-14(11)18(15,16)9-3-4-10-8(6-9)7-13-17-10/h1-7H. The summed E-state index contributed by atoms with van der Waals surface area (Å²) in [6.45, 7) is 0. The summed E-state index contributed by atoms with van der Waals surface area (Å²) in [6, 6.07) is 7.60. The Balaban J connectivity index is 2.22. The molecule has 0 spiro atoms. The first kappa shape index (κ1) is 11.3. The van der Waals surface area contributed by atoms with Gasteiger partial charge < -0.3 is 4.52 Å². The fraction of sp³-hybridized carbons (Fsp3) is 0. The third-order valence-electron chi connectivity index (χ3n) is 2.55. The van der Waals surface area contributed by atoms with Crippen molar-refractivity contribution in [1.29, 1.82) is 0 Å². The zero-order valence-electron chi connectivity index (χ0n) is 8.95. The van der Waals surface area contributed by atoms with Crippen LogP contribution in [0.1, 0.15) is 0 Å². The molecule has 0 N–H and O–H groups in total. The highest BCUT2D eigenvalue weighted by Gasteiger charge is 2.19. The van der Waals surface area contributed by atoms with Crippen molar-refractivity contribution in [3.8, 4) is 0 Å². The first-order chi connectivity index (χ1) is 8.59. The fourth-order valence-corrected chi connectivity index (χ4v) is 3.33. The van der Waals surface area contributed by atoms with Gasteiger partial charge in [-0.3, -0.25) is 0 Å². The van der Waals surface area contributed by atoms with Crippen LogP contribution in [0.15, 0.2) is 52.1 Å². The zero-order chi connectivity index (χ0) is 12.8. The van der Waals surface area contributed by atoms with Gasteiger partial charge in [-0.1, -0.05) is 16.8 Å². The number of fused-ring (bicyclic) bond motifs is 1. The quantitative estimate of drug-likeness (QED) is 0.724. The lowest BCUT2D eigenvalue weighted by Gasteiger charge is -2.06. The first-order valence-corrected chi connectivity index (χ1v) is 6.84. The van der Waals surface area contributed by atoms with E-state index in [1.807, 2.05) is 0 Å². The van der Waals surface area contributed by atoms with E-state index in [9.17, 15) is 8.42 Å². The van der Waals surface area contributed by atoms with E-state index in [0.717, 1.165) is 3.97 Å². The SMILES string of the molecule is O=S(=O)(c1ccc2oncc2c1)n1cccc1Cl. The Morgan fingerprint density at radius 1 is 1.28 bits per heavy atom. The lowest BCUT2D eigenvalue weighted by Crippen LogP contribution is -2.11. The summed E-state index contributed by atoms with van der Waals surface area (Å²) in [7, 11) is -3.68. The van der Waals surface area contributed by atoms with E-state index < -0.39 is 10.0 Å². The first-order valence-electron chi connectivity index (χ1n) is 5.02. The highest BCUT2D eigenvalue weighted by atomic mass is 35.5. The molecule has 0 saturated heterocycles. The molecule has 0 unspecified atom stereocenters. The van der Waals surface area contributed by atoms with Crippen LogP contribution >= 0.6 is 11.6 Å². The van der Waals surface area contributed by atoms with Gasteiger partial charge in [-0.05, 0) is 30.3 Å². The van der Waals surface area contributed by atoms with Crippen molar-refractivity contribution in [2.75, 3.05) is 0 Å². The van der Waals surface area contributed by atoms with Crippen molar-refractivity contribution in [2.24, 2.45) is 0 Å². The molecule has 0 aliphatic heterocycles. The molecule has 0 amide bonds. The van der Waals surface area contributed by atoms with E-state index in [4.69, 9.17) is 16.1 Å². The van der Waals surface area contributed by atoms with E-state index in [-0.39, 0.29) is 10.0 Å². The van der Waals surface area contributed by atoms with Crippen LogP contribution in [0, 0.1) is 0 Å². The number of halogens is 1. The third-order valence-corrected chi connectivity index (χ3v) is 4.64. The number of nitrogens with zero attached hydrogens (tertiary/aromatic N) is 2. The summed E-state index contributed by atoms with van der Waals surface area (Å²) in [5.74, 6) is 0. The predicted molar refractivity (Wildman–Crippen MR) is 66.0 cm³/mol. The topological polar surface area (TPSA) is 65.1 Å². The molecule has 7 heteroatoms. The maximum absolute atomic E-state index is 12.3. The van der Waals surface area contributed by atoms with E-state index >= 15 is 0 Å². The molecule has 3 aromatic rings.